The second-order valence-electron chi connectivity index (χ2n) is 4.80. The minimum Gasteiger partial charge on any atom is -0.347 e. The summed E-state index contributed by atoms with van der Waals surface area (Å²) in [5.41, 5.74) is 0.981. The highest BCUT2D eigenvalue weighted by Crippen LogP contribution is 2.17. The number of aromatic nitrogens is 2. The van der Waals surface area contributed by atoms with Gasteiger partial charge in [-0.1, -0.05) is 6.07 Å². The van der Waals surface area contributed by atoms with Crippen LogP contribution in [0.3, 0.4) is 0 Å². The highest BCUT2D eigenvalue weighted by molar-refractivity contribution is 5.93. The predicted octanol–water partition coefficient (Wildman–Crippen LogP) is 2.09. The number of nitrogens with zero attached hydrogens (tertiary/aromatic N) is 2. The third kappa shape index (κ3) is 2.42. The van der Waals surface area contributed by atoms with Gasteiger partial charge in [0.05, 0.1) is 11.2 Å². The number of pyridine rings is 1. The van der Waals surface area contributed by atoms with Crippen molar-refractivity contribution in [2.45, 2.75) is 19.4 Å². The third-order valence-electron chi connectivity index (χ3n) is 2.91. The van der Waals surface area contributed by atoms with Crippen molar-refractivity contribution in [3.63, 3.8) is 0 Å². The van der Waals surface area contributed by atoms with Crippen LogP contribution in [0.4, 0.5) is 0 Å². The molecule has 0 atom stereocenters. The Morgan fingerprint density at radius 2 is 2.06 bits per heavy atom. The van der Waals surface area contributed by atoms with Gasteiger partial charge in [-0.05, 0) is 38.1 Å². The Bertz CT molecular complexity index is 543. The fourth-order valence-electron chi connectivity index (χ4n) is 1.84. The van der Waals surface area contributed by atoms with E-state index in [1.807, 2.05) is 51.4 Å². The van der Waals surface area contributed by atoms with Crippen molar-refractivity contribution in [3.05, 3.63) is 54.1 Å². The zero-order chi connectivity index (χ0) is 13.2. The summed E-state index contributed by atoms with van der Waals surface area (Å²) in [5, 5.41) is 2.99. The van der Waals surface area contributed by atoms with Crippen LogP contribution < -0.4 is 5.32 Å². The molecule has 0 fully saturated rings. The Balaban J connectivity index is 2.19. The smallest absolute Gasteiger partial charge is 0.268 e. The highest BCUT2D eigenvalue weighted by atomic mass is 16.2. The van der Waals surface area contributed by atoms with Crippen molar-refractivity contribution >= 4 is 5.91 Å². The summed E-state index contributed by atoms with van der Waals surface area (Å²) in [5.74, 6) is -0.0989. The molecule has 0 aliphatic rings. The molecule has 0 radical (unpaired) electrons. The normalized spacial score (nSPS) is 11.3. The number of hydrogen-bond acceptors (Lipinski definition) is 2. The van der Waals surface area contributed by atoms with Crippen LogP contribution in [-0.4, -0.2) is 15.5 Å². The van der Waals surface area contributed by atoms with E-state index in [2.05, 4.69) is 10.3 Å². The first-order valence-corrected chi connectivity index (χ1v) is 5.86. The quantitative estimate of drug-likeness (QED) is 0.897. The van der Waals surface area contributed by atoms with E-state index >= 15 is 0 Å². The van der Waals surface area contributed by atoms with Crippen molar-refractivity contribution in [3.8, 4) is 0 Å². The number of carbonyl (C=O) groups is 1. The molecule has 2 aromatic rings. The Kier molecular flexibility index (Phi) is 3.19. The van der Waals surface area contributed by atoms with E-state index < -0.39 is 5.54 Å². The predicted molar refractivity (Wildman–Crippen MR) is 70.1 cm³/mol. The average Bonchev–Trinajstić information content (AvgIpc) is 2.76. The minimum atomic E-state index is -0.497. The number of amides is 1. The van der Waals surface area contributed by atoms with Crippen LogP contribution in [0.15, 0.2) is 42.7 Å². The van der Waals surface area contributed by atoms with Crippen molar-refractivity contribution in [1.82, 2.24) is 14.9 Å². The maximum absolute atomic E-state index is 12.2. The first-order valence-electron chi connectivity index (χ1n) is 5.86. The number of hydrogen-bond donors (Lipinski definition) is 1. The largest absolute Gasteiger partial charge is 0.347 e. The number of nitrogens with one attached hydrogen (secondary N) is 1. The van der Waals surface area contributed by atoms with Gasteiger partial charge in [-0.3, -0.25) is 9.78 Å². The van der Waals surface area contributed by atoms with Crippen LogP contribution in [0.2, 0.25) is 0 Å². The molecule has 4 heteroatoms. The summed E-state index contributed by atoms with van der Waals surface area (Å²) in [7, 11) is 1.85. The first kappa shape index (κ1) is 12.4. The zero-order valence-corrected chi connectivity index (χ0v) is 10.8. The molecule has 4 nitrogen and oxygen atoms in total. The van der Waals surface area contributed by atoms with Gasteiger partial charge in [0.15, 0.2) is 0 Å². The van der Waals surface area contributed by atoms with Gasteiger partial charge in [-0.2, -0.15) is 0 Å². The van der Waals surface area contributed by atoms with E-state index in [9.17, 15) is 4.79 Å². The fourth-order valence-corrected chi connectivity index (χ4v) is 1.84. The van der Waals surface area contributed by atoms with E-state index in [4.69, 9.17) is 0 Å². The van der Waals surface area contributed by atoms with Gasteiger partial charge in [0.2, 0.25) is 0 Å². The molecule has 0 aliphatic carbocycles. The maximum atomic E-state index is 12.2. The van der Waals surface area contributed by atoms with Gasteiger partial charge in [0.1, 0.15) is 5.69 Å². The van der Waals surface area contributed by atoms with Crippen molar-refractivity contribution in [2.24, 2.45) is 7.05 Å². The molecule has 18 heavy (non-hydrogen) atoms. The molecule has 0 bridgehead atoms. The fraction of sp³-hybridized carbons (Fsp3) is 0.286. The second-order valence-corrected chi connectivity index (χ2v) is 4.80. The first-order chi connectivity index (χ1) is 8.50. The van der Waals surface area contributed by atoms with Gasteiger partial charge in [0.25, 0.3) is 5.91 Å². The molecule has 2 aromatic heterocycles. The minimum absolute atomic E-state index is 0.0989. The number of rotatable bonds is 3. The highest BCUT2D eigenvalue weighted by Gasteiger charge is 2.25. The molecule has 0 unspecified atom stereocenters. The van der Waals surface area contributed by atoms with E-state index in [1.165, 1.54) is 0 Å². The van der Waals surface area contributed by atoms with Crippen LogP contribution >= 0.6 is 0 Å². The van der Waals surface area contributed by atoms with Gasteiger partial charge >= 0.3 is 0 Å². The van der Waals surface area contributed by atoms with Crippen molar-refractivity contribution < 1.29 is 4.79 Å². The molecule has 1 amide bonds. The third-order valence-corrected chi connectivity index (χ3v) is 2.91. The summed E-state index contributed by atoms with van der Waals surface area (Å²) in [6.45, 7) is 3.88. The Morgan fingerprint density at radius 3 is 2.61 bits per heavy atom. The summed E-state index contributed by atoms with van der Waals surface area (Å²) >= 11 is 0. The van der Waals surface area contributed by atoms with E-state index in [1.54, 1.807) is 16.8 Å². The van der Waals surface area contributed by atoms with E-state index in [-0.39, 0.29) is 5.91 Å². The van der Waals surface area contributed by atoms with Gasteiger partial charge in [0, 0.05) is 19.4 Å². The van der Waals surface area contributed by atoms with E-state index in [0.29, 0.717) is 5.69 Å². The lowest BCUT2D eigenvalue weighted by Gasteiger charge is -2.25. The lowest BCUT2D eigenvalue weighted by molar-refractivity contribution is 0.0902. The molecule has 0 spiro atoms. The molecule has 2 heterocycles. The summed E-state index contributed by atoms with van der Waals surface area (Å²) < 4.78 is 1.80. The summed E-state index contributed by atoms with van der Waals surface area (Å²) in [6.07, 6.45) is 3.58. The standard InChI is InChI=1S/C14H17N3O/c1-14(2,12-8-4-5-9-15-12)16-13(18)11-7-6-10-17(11)3/h4-10H,1-3H3,(H,16,18). The van der Waals surface area contributed by atoms with E-state index in [0.717, 1.165) is 5.69 Å². The topological polar surface area (TPSA) is 46.9 Å². The number of carbonyl (C=O) groups excluding carboxylic acids is 1. The van der Waals surface area contributed by atoms with Crippen LogP contribution in [-0.2, 0) is 12.6 Å². The molecular formula is C14H17N3O. The second kappa shape index (κ2) is 4.64. The average molecular weight is 243 g/mol. The van der Waals surface area contributed by atoms with Crippen LogP contribution in [0.5, 0.6) is 0 Å². The Morgan fingerprint density at radius 1 is 1.28 bits per heavy atom. The molecule has 0 saturated carbocycles. The van der Waals surface area contributed by atoms with Crippen LogP contribution in [0.25, 0.3) is 0 Å². The van der Waals surface area contributed by atoms with Crippen molar-refractivity contribution in [1.29, 1.82) is 0 Å². The monoisotopic (exact) mass is 243 g/mol. The van der Waals surface area contributed by atoms with Crippen molar-refractivity contribution in [2.75, 3.05) is 0 Å². The molecular weight excluding hydrogens is 226 g/mol. The van der Waals surface area contributed by atoms with Crippen LogP contribution in [0, 0.1) is 0 Å². The Labute approximate surface area is 107 Å². The lowest BCUT2D eigenvalue weighted by Crippen LogP contribution is -2.42. The number of aryl methyl sites for hydroxylation is 1. The molecule has 0 aromatic carbocycles. The molecule has 94 valence electrons. The Hall–Kier alpha value is -2.10. The van der Waals surface area contributed by atoms with Gasteiger partial charge < -0.3 is 9.88 Å². The molecule has 1 N–H and O–H groups in total. The maximum Gasteiger partial charge on any atom is 0.268 e. The molecule has 2 rings (SSSR count). The summed E-state index contributed by atoms with van der Waals surface area (Å²) in [4.78, 5) is 16.4. The lowest BCUT2D eigenvalue weighted by atomic mass is 9.99. The zero-order valence-electron chi connectivity index (χ0n) is 10.8. The van der Waals surface area contributed by atoms with Crippen LogP contribution in [0.1, 0.15) is 30.0 Å². The SMILES string of the molecule is Cn1cccc1C(=O)NC(C)(C)c1ccccn1. The van der Waals surface area contributed by atoms with Gasteiger partial charge in [-0.15, -0.1) is 0 Å². The van der Waals surface area contributed by atoms with Gasteiger partial charge in [-0.25, -0.2) is 0 Å². The summed E-state index contributed by atoms with van der Waals surface area (Å²) in [6, 6.07) is 9.33. The molecule has 0 aliphatic heterocycles. The molecule has 0 saturated heterocycles.